The molecule has 0 aliphatic carbocycles. The predicted molar refractivity (Wildman–Crippen MR) is 66.3 cm³/mol. The fourth-order valence-electron chi connectivity index (χ4n) is 1.71. The minimum absolute atomic E-state index is 0.0638. The first-order chi connectivity index (χ1) is 9.66. The van der Waals surface area contributed by atoms with Crippen molar-refractivity contribution in [1.82, 2.24) is 9.55 Å². The van der Waals surface area contributed by atoms with Crippen molar-refractivity contribution >= 4 is 12.2 Å². The summed E-state index contributed by atoms with van der Waals surface area (Å²) in [7, 11) is 0. The van der Waals surface area contributed by atoms with Crippen LogP contribution in [0.2, 0.25) is 0 Å². The molecule has 2 aromatic rings. The molecule has 1 aromatic heterocycles. The van der Waals surface area contributed by atoms with Gasteiger partial charge in [0.05, 0.1) is 6.54 Å². The fraction of sp³-hybridized carbons (Fsp3) is 0.167. The predicted octanol–water partition coefficient (Wildman–Crippen LogP) is 3.25. The minimum Gasteiger partial charge on any atom is -0.328 e. The molecule has 1 N–H and O–H groups in total. The first-order valence-electron chi connectivity index (χ1n) is 5.53. The lowest BCUT2D eigenvalue weighted by molar-refractivity contribution is -0.141. The smallest absolute Gasteiger partial charge is 0.328 e. The van der Waals surface area contributed by atoms with Gasteiger partial charge in [0.1, 0.15) is 17.3 Å². The van der Waals surface area contributed by atoms with Crippen molar-refractivity contribution < 1.29 is 22.0 Å². The second kappa shape index (κ2) is 5.40. The van der Waals surface area contributed by atoms with Crippen LogP contribution in [0, 0.1) is 16.4 Å². The monoisotopic (exact) mass is 322 g/mol. The number of hydrogen-bond donors (Lipinski definition) is 1. The lowest BCUT2D eigenvalue weighted by Gasteiger charge is -2.10. The first-order valence-corrected chi connectivity index (χ1v) is 5.94. The summed E-state index contributed by atoms with van der Waals surface area (Å²) in [5.41, 5.74) is -2.23. The number of rotatable bonds is 2. The molecular formula is C12H7F5N2OS. The van der Waals surface area contributed by atoms with Crippen LogP contribution in [0.1, 0.15) is 11.3 Å². The third kappa shape index (κ3) is 3.54. The quantitative estimate of drug-likeness (QED) is 0.681. The zero-order valence-electron chi connectivity index (χ0n) is 10.2. The van der Waals surface area contributed by atoms with E-state index in [1.165, 1.54) is 0 Å². The van der Waals surface area contributed by atoms with E-state index in [1.54, 1.807) is 0 Å². The van der Waals surface area contributed by atoms with Gasteiger partial charge in [0, 0.05) is 12.1 Å². The van der Waals surface area contributed by atoms with Crippen molar-refractivity contribution in [2.24, 2.45) is 0 Å². The van der Waals surface area contributed by atoms with E-state index in [0.717, 1.165) is 16.7 Å². The van der Waals surface area contributed by atoms with Gasteiger partial charge >= 0.3 is 6.18 Å². The summed E-state index contributed by atoms with van der Waals surface area (Å²) >= 11 is 4.68. The van der Waals surface area contributed by atoms with Crippen LogP contribution >= 0.6 is 12.2 Å². The van der Waals surface area contributed by atoms with Gasteiger partial charge in [0.15, 0.2) is 4.77 Å². The Morgan fingerprint density at radius 3 is 2.14 bits per heavy atom. The second-order valence-corrected chi connectivity index (χ2v) is 4.57. The van der Waals surface area contributed by atoms with Gasteiger partial charge in [-0.3, -0.25) is 9.36 Å². The molecule has 0 unspecified atom stereocenters. The second-order valence-electron chi connectivity index (χ2n) is 4.19. The molecule has 0 spiro atoms. The van der Waals surface area contributed by atoms with Crippen LogP contribution in [0.5, 0.6) is 0 Å². The number of benzene rings is 1. The van der Waals surface area contributed by atoms with Crippen LogP contribution < -0.4 is 5.56 Å². The average Bonchev–Trinajstić information content (AvgIpc) is 2.31. The van der Waals surface area contributed by atoms with Crippen LogP contribution in [0.3, 0.4) is 0 Å². The number of nitrogens with one attached hydrogen (secondary N) is 1. The number of alkyl halides is 3. The number of aromatic amines is 1. The Bertz CT molecular complexity index is 742. The highest BCUT2D eigenvalue weighted by atomic mass is 32.1. The zero-order chi connectivity index (χ0) is 15.8. The third-order valence-electron chi connectivity index (χ3n) is 2.59. The van der Waals surface area contributed by atoms with Gasteiger partial charge < -0.3 is 4.98 Å². The van der Waals surface area contributed by atoms with E-state index in [4.69, 9.17) is 0 Å². The van der Waals surface area contributed by atoms with E-state index in [9.17, 15) is 26.7 Å². The summed E-state index contributed by atoms with van der Waals surface area (Å²) in [6, 6.07) is 2.90. The number of aromatic nitrogens is 2. The molecule has 0 saturated heterocycles. The van der Waals surface area contributed by atoms with Gasteiger partial charge in [0.25, 0.3) is 5.56 Å². The van der Waals surface area contributed by atoms with Gasteiger partial charge in [-0.25, -0.2) is 8.78 Å². The summed E-state index contributed by atoms with van der Waals surface area (Å²) in [5, 5.41) is 0. The summed E-state index contributed by atoms with van der Waals surface area (Å²) in [5.74, 6) is -1.72. The van der Waals surface area contributed by atoms with E-state index in [2.05, 4.69) is 12.2 Å². The van der Waals surface area contributed by atoms with Crippen molar-refractivity contribution in [2.75, 3.05) is 0 Å². The highest BCUT2D eigenvalue weighted by Crippen LogP contribution is 2.26. The molecule has 0 aliphatic heterocycles. The first kappa shape index (κ1) is 15.4. The average molecular weight is 322 g/mol. The number of H-pyrrole nitrogens is 1. The molecule has 112 valence electrons. The highest BCUT2D eigenvalue weighted by molar-refractivity contribution is 7.71. The van der Waals surface area contributed by atoms with E-state index in [1.807, 2.05) is 4.98 Å². The van der Waals surface area contributed by atoms with Crippen molar-refractivity contribution in [3.8, 4) is 0 Å². The Labute approximate surface area is 119 Å². The van der Waals surface area contributed by atoms with Gasteiger partial charge in [-0.05, 0) is 29.9 Å². The lowest BCUT2D eigenvalue weighted by Crippen LogP contribution is -2.25. The molecule has 1 heterocycles. The Morgan fingerprint density at radius 1 is 1.10 bits per heavy atom. The van der Waals surface area contributed by atoms with E-state index < -0.39 is 33.8 Å². The molecule has 1 aromatic carbocycles. The maximum atomic E-state index is 13.0. The van der Waals surface area contributed by atoms with E-state index in [0.29, 0.717) is 12.1 Å². The summed E-state index contributed by atoms with van der Waals surface area (Å²) in [4.78, 5) is 13.5. The Hall–Kier alpha value is -2.03. The van der Waals surface area contributed by atoms with Crippen molar-refractivity contribution in [3.05, 3.63) is 62.3 Å². The normalized spacial score (nSPS) is 11.7. The van der Waals surface area contributed by atoms with Gasteiger partial charge in [0.2, 0.25) is 0 Å². The molecule has 0 radical (unpaired) electrons. The minimum atomic E-state index is -4.74. The zero-order valence-corrected chi connectivity index (χ0v) is 11.0. The van der Waals surface area contributed by atoms with Crippen molar-refractivity contribution in [3.63, 3.8) is 0 Å². The highest BCUT2D eigenvalue weighted by Gasteiger charge is 2.32. The van der Waals surface area contributed by atoms with E-state index in [-0.39, 0.29) is 12.1 Å². The topological polar surface area (TPSA) is 37.8 Å². The number of hydrogen-bond acceptors (Lipinski definition) is 2. The van der Waals surface area contributed by atoms with Crippen LogP contribution in [0.15, 0.2) is 29.1 Å². The lowest BCUT2D eigenvalue weighted by atomic mass is 10.2. The van der Waals surface area contributed by atoms with Gasteiger partial charge in [-0.2, -0.15) is 13.2 Å². The maximum Gasteiger partial charge on any atom is 0.431 e. The molecule has 0 bridgehead atoms. The molecule has 0 aliphatic rings. The molecule has 0 fully saturated rings. The maximum absolute atomic E-state index is 13.0. The molecular weight excluding hydrogens is 315 g/mol. The Kier molecular flexibility index (Phi) is 3.95. The SMILES string of the molecule is O=c1cc(C(F)(F)F)[nH]c(=S)n1Cc1cc(F)cc(F)c1. The number of nitrogens with zero attached hydrogens (tertiary/aromatic N) is 1. The standard InChI is InChI=1S/C12H7F5N2OS/c13-7-1-6(2-8(14)3-7)5-19-10(20)4-9(12(15,16)17)18-11(19)21/h1-4H,5H2,(H,18,21). The fourth-order valence-corrected chi connectivity index (χ4v) is 1.97. The molecule has 0 amide bonds. The molecule has 21 heavy (non-hydrogen) atoms. The van der Waals surface area contributed by atoms with Crippen molar-refractivity contribution in [2.45, 2.75) is 12.7 Å². The molecule has 9 heteroatoms. The summed E-state index contributed by atoms with van der Waals surface area (Å²) < 4.78 is 63.8. The van der Waals surface area contributed by atoms with E-state index >= 15 is 0 Å². The summed E-state index contributed by atoms with van der Waals surface area (Å²) in [6.45, 7) is -0.346. The summed E-state index contributed by atoms with van der Waals surface area (Å²) in [6.07, 6.45) is -4.74. The van der Waals surface area contributed by atoms with Crippen LogP contribution in [-0.2, 0) is 12.7 Å². The van der Waals surface area contributed by atoms with Crippen LogP contribution in [0.25, 0.3) is 0 Å². The Morgan fingerprint density at radius 2 is 1.67 bits per heavy atom. The molecule has 0 atom stereocenters. The van der Waals surface area contributed by atoms with Gasteiger partial charge in [-0.15, -0.1) is 0 Å². The molecule has 3 nitrogen and oxygen atoms in total. The van der Waals surface area contributed by atoms with Crippen LogP contribution in [0.4, 0.5) is 22.0 Å². The molecule has 0 saturated carbocycles. The third-order valence-corrected chi connectivity index (χ3v) is 2.91. The Balaban J connectivity index is 2.46. The molecule has 2 rings (SSSR count). The van der Waals surface area contributed by atoms with Gasteiger partial charge in [-0.1, -0.05) is 0 Å². The largest absolute Gasteiger partial charge is 0.431 e. The number of halogens is 5. The van der Waals surface area contributed by atoms with Crippen LogP contribution in [-0.4, -0.2) is 9.55 Å². The van der Waals surface area contributed by atoms with Crippen molar-refractivity contribution in [1.29, 1.82) is 0 Å².